The number of thiophene rings is 1. The van der Waals surface area contributed by atoms with Crippen LogP contribution in [0.15, 0.2) is 70.5 Å². The van der Waals surface area contributed by atoms with Gasteiger partial charge in [-0.2, -0.15) is 0 Å². The average molecular weight is 486 g/mol. The van der Waals surface area contributed by atoms with E-state index in [0.29, 0.717) is 13.0 Å². The fourth-order valence-electron chi connectivity index (χ4n) is 4.07. The smallest absolute Gasteiger partial charge is 0.320 e. The number of piperidine rings is 1. The van der Waals surface area contributed by atoms with Crippen LogP contribution < -0.4 is 4.74 Å². The summed E-state index contributed by atoms with van der Waals surface area (Å²) >= 11 is 5.22. The number of nitrogens with zero attached hydrogens (tertiary/aromatic N) is 1. The first-order valence-corrected chi connectivity index (χ1v) is 11.7. The number of rotatable bonds is 7. The zero-order chi connectivity index (χ0) is 20.9. The molecule has 0 radical (unpaired) electrons. The molecule has 30 heavy (non-hydrogen) atoms. The molecular weight excluding hydrogens is 462 g/mol. The fraction of sp³-hybridized carbons (Fsp3) is 0.292. The first kappa shape index (κ1) is 21.1. The van der Waals surface area contributed by atoms with Crippen molar-refractivity contribution >= 4 is 33.2 Å². The van der Waals surface area contributed by atoms with E-state index in [-0.39, 0.29) is 6.04 Å². The largest absolute Gasteiger partial charge is 0.489 e. The molecule has 0 saturated carbocycles. The van der Waals surface area contributed by atoms with Crippen molar-refractivity contribution in [2.75, 3.05) is 6.54 Å². The third-order valence-corrected chi connectivity index (χ3v) is 7.15. The highest BCUT2D eigenvalue weighted by Crippen LogP contribution is 2.42. The molecule has 4 rings (SSSR count). The molecule has 4 nitrogen and oxygen atoms in total. The van der Waals surface area contributed by atoms with Crippen LogP contribution in [0.4, 0.5) is 0 Å². The van der Waals surface area contributed by atoms with Crippen molar-refractivity contribution < 1.29 is 14.6 Å². The van der Waals surface area contributed by atoms with E-state index in [4.69, 9.17) is 4.74 Å². The molecule has 1 fully saturated rings. The van der Waals surface area contributed by atoms with Gasteiger partial charge in [0.25, 0.3) is 0 Å². The molecular formula is C24H24BrNO3S. The molecule has 1 saturated heterocycles. The maximum atomic E-state index is 12.1. The fourth-order valence-corrected chi connectivity index (χ4v) is 5.64. The summed E-state index contributed by atoms with van der Waals surface area (Å²) in [6, 6.07) is 21.6. The van der Waals surface area contributed by atoms with E-state index in [0.717, 1.165) is 44.9 Å². The van der Waals surface area contributed by atoms with Gasteiger partial charge in [-0.1, -0.05) is 55.0 Å². The Morgan fingerprint density at radius 3 is 2.60 bits per heavy atom. The standard InChI is InChI=1S/C24H24BrNO3S/c25-22-14-13-21(30-22)23(26-15-7-6-11-19(26)24(27)28)18-10-4-5-12-20(18)29-16-17-8-2-1-3-9-17/h1-5,8-10,12-14,19,23H,6-7,11,15-16H2,(H,27,28). The zero-order valence-electron chi connectivity index (χ0n) is 16.5. The number of carboxylic acids is 1. The van der Waals surface area contributed by atoms with Crippen molar-refractivity contribution in [1.82, 2.24) is 4.90 Å². The lowest BCUT2D eigenvalue weighted by Gasteiger charge is -2.39. The van der Waals surface area contributed by atoms with Crippen LogP contribution in [0.5, 0.6) is 5.75 Å². The summed E-state index contributed by atoms with van der Waals surface area (Å²) in [5.41, 5.74) is 2.11. The minimum Gasteiger partial charge on any atom is -0.489 e. The van der Waals surface area contributed by atoms with Gasteiger partial charge in [-0.15, -0.1) is 11.3 Å². The summed E-state index contributed by atoms with van der Waals surface area (Å²) < 4.78 is 7.27. The molecule has 156 valence electrons. The Bertz CT molecular complexity index is 991. The highest BCUT2D eigenvalue weighted by molar-refractivity contribution is 9.11. The monoisotopic (exact) mass is 485 g/mol. The van der Waals surface area contributed by atoms with Crippen molar-refractivity contribution in [1.29, 1.82) is 0 Å². The van der Waals surface area contributed by atoms with Crippen molar-refractivity contribution in [2.45, 2.75) is 38.0 Å². The molecule has 3 aromatic rings. The van der Waals surface area contributed by atoms with Crippen molar-refractivity contribution in [3.63, 3.8) is 0 Å². The number of benzene rings is 2. The van der Waals surface area contributed by atoms with Gasteiger partial charge < -0.3 is 9.84 Å². The first-order valence-electron chi connectivity index (χ1n) is 10.1. The van der Waals surface area contributed by atoms with Crippen LogP contribution in [0.1, 0.15) is 41.3 Å². The van der Waals surface area contributed by atoms with Gasteiger partial charge in [0.15, 0.2) is 0 Å². The summed E-state index contributed by atoms with van der Waals surface area (Å²) in [5.74, 6) is 0.0450. The molecule has 2 unspecified atom stereocenters. The Balaban J connectivity index is 1.71. The Labute approximate surface area is 189 Å². The summed E-state index contributed by atoms with van der Waals surface area (Å²) in [6.07, 6.45) is 2.62. The average Bonchev–Trinajstić information content (AvgIpc) is 3.20. The second-order valence-electron chi connectivity index (χ2n) is 7.44. The number of aliphatic carboxylic acids is 1. The molecule has 0 amide bonds. The minimum atomic E-state index is -0.752. The molecule has 6 heteroatoms. The van der Waals surface area contributed by atoms with Crippen LogP contribution in [0.25, 0.3) is 0 Å². The summed E-state index contributed by atoms with van der Waals surface area (Å²) in [6.45, 7) is 1.23. The number of para-hydroxylation sites is 1. The Morgan fingerprint density at radius 2 is 1.87 bits per heavy atom. The van der Waals surface area contributed by atoms with Crippen molar-refractivity contribution in [2.24, 2.45) is 0 Å². The van der Waals surface area contributed by atoms with Gasteiger partial charge in [0.1, 0.15) is 18.4 Å². The normalized spacial score (nSPS) is 18.1. The maximum absolute atomic E-state index is 12.1. The highest BCUT2D eigenvalue weighted by Gasteiger charge is 2.36. The third kappa shape index (κ3) is 4.77. The number of carbonyl (C=O) groups is 1. The zero-order valence-corrected chi connectivity index (χ0v) is 18.9. The van der Waals surface area contributed by atoms with Crippen LogP contribution in [-0.2, 0) is 11.4 Å². The molecule has 1 aliphatic rings. The predicted molar refractivity (Wildman–Crippen MR) is 123 cm³/mol. The van der Waals surface area contributed by atoms with Crippen LogP contribution in [0.3, 0.4) is 0 Å². The molecule has 1 aliphatic heterocycles. The number of ether oxygens (including phenoxy) is 1. The number of halogens is 1. The van der Waals surface area contributed by atoms with Gasteiger partial charge in [0, 0.05) is 10.4 Å². The van der Waals surface area contributed by atoms with Crippen LogP contribution in [0, 0.1) is 0 Å². The van der Waals surface area contributed by atoms with E-state index in [9.17, 15) is 9.90 Å². The van der Waals surface area contributed by atoms with Gasteiger partial charge in [-0.3, -0.25) is 9.69 Å². The van der Waals surface area contributed by atoms with Gasteiger partial charge in [0.2, 0.25) is 0 Å². The van der Waals surface area contributed by atoms with E-state index >= 15 is 0 Å². The van der Waals surface area contributed by atoms with E-state index < -0.39 is 12.0 Å². The van der Waals surface area contributed by atoms with E-state index in [1.54, 1.807) is 11.3 Å². The molecule has 1 aromatic heterocycles. The maximum Gasteiger partial charge on any atom is 0.320 e. The van der Waals surface area contributed by atoms with Crippen LogP contribution in [0.2, 0.25) is 0 Å². The van der Waals surface area contributed by atoms with Gasteiger partial charge in [0.05, 0.1) is 9.83 Å². The molecule has 0 spiro atoms. The van der Waals surface area contributed by atoms with E-state index in [1.807, 2.05) is 54.6 Å². The third-order valence-electron chi connectivity index (χ3n) is 5.48. The Morgan fingerprint density at radius 1 is 1.10 bits per heavy atom. The predicted octanol–water partition coefficient (Wildman–Crippen LogP) is 6.12. The number of likely N-dealkylation sites (tertiary alicyclic amines) is 1. The molecule has 2 heterocycles. The molecule has 0 aliphatic carbocycles. The lowest BCUT2D eigenvalue weighted by molar-refractivity contribution is -0.145. The van der Waals surface area contributed by atoms with Gasteiger partial charge >= 0.3 is 5.97 Å². The molecule has 2 atom stereocenters. The molecule has 1 N–H and O–H groups in total. The van der Waals surface area contributed by atoms with Gasteiger partial charge in [-0.25, -0.2) is 0 Å². The summed E-state index contributed by atoms with van der Waals surface area (Å²) in [7, 11) is 0. The topological polar surface area (TPSA) is 49.8 Å². The Kier molecular flexibility index (Phi) is 6.87. The van der Waals surface area contributed by atoms with Gasteiger partial charge in [-0.05, 0) is 59.1 Å². The Hall–Kier alpha value is -2.15. The molecule has 0 bridgehead atoms. The number of carboxylic acid groups (broad SMARTS) is 1. The van der Waals surface area contributed by atoms with Crippen LogP contribution in [-0.4, -0.2) is 28.6 Å². The first-order chi connectivity index (χ1) is 14.6. The SMILES string of the molecule is O=C(O)C1CCCCN1C(c1ccc(Br)s1)c1ccccc1OCc1ccccc1. The second-order valence-corrected chi connectivity index (χ2v) is 9.94. The lowest BCUT2D eigenvalue weighted by Crippen LogP contribution is -2.46. The summed E-state index contributed by atoms with van der Waals surface area (Å²) in [5, 5.41) is 9.90. The molecule has 2 aromatic carbocycles. The second kappa shape index (κ2) is 9.77. The van der Waals surface area contributed by atoms with E-state index in [2.05, 4.69) is 33.0 Å². The van der Waals surface area contributed by atoms with E-state index in [1.165, 1.54) is 0 Å². The van der Waals surface area contributed by atoms with Crippen molar-refractivity contribution in [3.05, 3.63) is 86.5 Å². The van der Waals surface area contributed by atoms with Crippen LogP contribution >= 0.6 is 27.3 Å². The number of hydrogen-bond acceptors (Lipinski definition) is 4. The summed E-state index contributed by atoms with van der Waals surface area (Å²) in [4.78, 5) is 15.3. The van der Waals surface area contributed by atoms with Crippen molar-refractivity contribution in [3.8, 4) is 5.75 Å². The minimum absolute atomic E-state index is 0.158. The highest BCUT2D eigenvalue weighted by atomic mass is 79.9. The quantitative estimate of drug-likeness (QED) is 0.437. The lowest BCUT2D eigenvalue weighted by atomic mass is 9.95. The number of hydrogen-bond donors (Lipinski definition) is 1.